The third-order valence-electron chi connectivity index (χ3n) is 4.91. The molecule has 0 aliphatic heterocycles. The number of carbonyl (C=O) groups is 2. The van der Waals surface area contributed by atoms with Gasteiger partial charge in [-0.2, -0.15) is 0 Å². The van der Waals surface area contributed by atoms with E-state index in [1.165, 1.54) is 13.8 Å². The Morgan fingerprint density at radius 3 is 1.26 bits per heavy atom. The van der Waals surface area contributed by atoms with E-state index in [2.05, 4.69) is 20.5 Å². The van der Waals surface area contributed by atoms with Crippen LogP contribution >= 0.6 is 0 Å². The van der Waals surface area contributed by atoms with Crippen LogP contribution in [-0.4, -0.2) is 43.7 Å². The maximum absolute atomic E-state index is 11.9. The summed E-state index contributed by atoms with van der Waals surface area (Å²) in [6, 6.07) is 13.0. The Morgan fingerprint density at radius 1 is 0.667 bits per heavy atom. The van der Waals surface area contributed by atoms with Crippen LogP contribution in [0.5, 0.6) is 0 Å². The Morgan fingerprint density at radius 2 is 0.974 bits per heavy atom. The zero-order valence-electron chi connectivity index (χ0n) is 20.4. The summed E-state index contributed by atoms with van der Waals surface area (Å²) in [6.07, 6.45) is 1.93. The van der Waals surface area contributed by atoms with Crippen molar-refractivity contribution in [2.45, 2.75) is 13.8 Å². The molecule has 0 fully saturated rings. The first-order valence-corrected chi connectivity index (χ1v) is 10.9. The summed E-state index contributed by atoms with van der Waals surface area (Å²) in [6.45, 7) is 2.69. The van der Waals surface area contributed by atoms with E-state index in [-0.39, 0.29) is 51.2 Å². The number of hydrogen-bond acceptors (Lipinski definition) is 8. The minimum atomic E-state index is -0.566. The van der Waals surface area contributed by atoms with E-state index in [1.807, 2.05) is 0 Å². The standard InChI is InChI=1S/2C13H10N3O3.Co/c2*1-7(17)6-10(14)15-16-11-12(18)8-4-2-3-5-9(8)13(11)19;/h2*2-6,17-18H,1H3;/q2*-1;+2/b2*7-6-,16-15?;. The van der Waals surface area contributed by atoms with E-state index in [9.17, 15) is 30.6 Å². The summed E-state index contributed by atoms with van der Waals surface area (Å²) in [4.78, 5) is 23.8. The normalized spacial score (nSPS) is 14.8. The molecular formula is C26H20CoN6O6. The van der Waals surface area contributed by atoms with Gasteiger partial charge in [0, 0.05) is 22.3 Å². The number of benzene rings is 2. The van der Waals surface area contributed by atoms with Crippen LogP contribution in [0.3, 0.4) is 0 Å². The second-order valence-corrected chi connectivity index (χ2v) is 7.83. The molecule has 13 heteroatoms. The Hall–Kier alpha value is -5.01. The van der Waals surface area contributed by atoms with Crippen molar-refractivity contribution in [3.05, 3.63) is 117 Å². The fourth-order valence-corrected chi connectivity index (χ4v) is 3.32. The zero-order chi connectivity index (χ0) is 28.0. The molecule has 12 nitrogen and oxygen atoms in total. The smallest absolute Gasteiger partial charge is 0.513 e. The number of aliphatic hydroxyl groups is 4. The predicted octanol–water partition coefficient (Wildman–Crippen LogP) is 5.98. The molecule has 2 aromatic rings. The first-order valence-electron chi connectivity index (χ1n) is 10.9. The van der Waals surface area contributed by atoms with Gasteiger partial charge in [-0.25, -0.2) is 0 Å². The average molecular weight is 571 g/mol. The number of hydrogen-bond donors (Lipinski definition) is 4. The van der Waals surface area contributed by atoms with Crippen LogP contribution in [0.4, 0.5) is 0 Å². The topological polar surface area (TPSA) is 209 Å². The Kier molecular flexibility index (Phi) is 10.1. The van der Waals surface area contributed by atoms with Gasteiger partial charge in [0.1, 0.15) is 0 Å². The number of azo groups is 2. The fourth-order valence-electron chi connectivity index (χ4n) is 3.32. The monoisotopic (exact) mass is 571 g/mol. The van der Waals surface area contributed by atoms with Crippen molar-refractivity contribution >= 4 is 34.8 Å². The molecule has 0 bridgehead atoms. The third kappa shape index (κ3) is 7.06. The summed E-state index contributed by atoms with van der Waals surface area (Å²) in [7, 11) is 0. The largest absolute Gasteiger partial charge is 2.00 e. The summed E-state index contributed by atoms with van der Waals surface area (Å²) in [5.74, 6) is -2.92. The summed E-state index contributed by atoms with van der Waals surface area (Å²) >= 11 is 0. The van der Waals surface area contributed by atoms with Crippen LogP contribution in [0.15, 0.2) is 104 Å². The number of ketones is 2. The predicted molar refractivity (Wildman–Crippen MR) is 140 cm³/mol. The molecule has 0 unspecified atom stereocenters. The van der Waals surface area contributed by atoms with Crippen molar-refractivity contribution in [2.75, 3.05) is 0 Å². The Labute approximate surface area is 232 Å². The number of nitrogens with zero attached hydrogens (tertiary/aromatic N) is 6. The Balaban J connectivity index is 0.000000267. The molecule has 0 saturated carbocycles. The van der Waals surface area contributed by atoms with Crippen molar-refractivity contribution < 1.29 is 46.8 Å². The minimum Gasteiger partial charge on any atom is -0.513 e. The molecule has 39 heavy (non-hydrogen) atoms. The second kappa shape index (κ2) is 13.0. The van der Waals surface area contributed by atoms with Gasteiger partial charge in [0.25, 0.3) is 0 Å². The molecule has 0 atom stereocenters. The maximum Gasteiger partial charge on any atom is 2.00 e. The quantitative estimate of drug-likeness (QED) is 0.150. The van der Waals surface area contributed by atoms with Gasteiger partial charge in [0.2, 0.25) is 11.6 Å². The molecular weight excluding hydrogens is 551 g/mol. The van der Waals surface area contributed by atoms with Crippen LogP contribution in [-0.2, 0) is 16.8 Å². The molecule has 0 spiro atoms. The number of aliphatic hydroxyl groups excluding tert-OH is 4. The van der Waals surface area contributed by atoms with Gasteiger partial charge in [-0.3, -0.25) is 19.8 Å². The van der Waals surface area contributed by atoms with Gasteiger partial charge < -0.3 is 41.5 Å². The van der Waals surface area contributed by atoms with E-state index < -0.39 is 23.2 Å². The molecule has 4 N–H and O–H groups in total. The van der Waals surface area contributed by atoms with E-state index >= 15 is 0 Å². The van der Waals surface area contributed by atoms with E-state index in [0.29, 0.717) is 22.3 Å². The van der Waals surface area contributed by atoms with Crippen molar-refractivity contribution in [1.29, 1.82) is 0 Å². The third-order valence-corrected chi connectivity index (χ3v) is 4.91. The Bertz CT molecular complexity index is 1430. The molecule has 1 radical (unpaired) electrons. The van der Waals surface area contributed by atoms with Crippen LogP contribution in [0.2, 0.25) is 0 Å². The summed E-state index contributed by atoms with van der Waals surface area (Å²) in [5.41, 5.74) is 0.961. The van der Waals surface area contributed by atoms with Crippen molar-refractivity contribution in [2.24, 2.45) is 20.5 Å². The number of Topliss-reactive ketones (excluding diaryl/α,β-unsaturated/α-hetero) is 2. The number of fused-ring (bicyclic) bond motifs is 2. The molecule has 4 rings (SSSR count). The van der Waals surface area contributed by atoms with E-state index in [4.69, 9.17) is 10.2 Å². The molecule has 0 amide bonds. The number of carbonyl (C=O) groups excluding carboxylic acids is 2. The minimum absolute atomic E-state index is 0. The van der Waals surface area contributed by atoms with Crippen LogP contribution in [0.1, 0.15) is 45.7 Å². The van der Waals surface area contributed by atoms with Gasteiger partial charge in [0.05, 0.1) is 11.5 Å². The van der Waals surface area contributed by atoms with Gasteiger partial charge in [-0.05, 0) is 37.7 Å². The van der Waals surface area contributed by atoms with E-state index in [1.54, 1.807) is 48.5 Å². The van der Waals surface area contributed by atoms with E-state index in [0.717, 1.165) is 12.2 Å². The second-order valence-electron chi connectivity index (χ2n) is 7.83. The van der Waals surface area contributed by atoms with Crippen molar-refractivity contribution in [3.8, 4) is 0 Å². The summed E-state index contributed by atoms with van der Waals surface area (Å²) in [5, 5.41) is 69.8. The molecule has 0 aromatic heterocycles. The zero-order valence-corrected chi connectivity index (χ0v) is 21.4. The number of amidine groups is 2. The van der Waals surface area contributed by atoms with Crippen molar-refractivity contribution in [3.63, 3.8) is 0 Å². The SMILES string of the molecule is C/C(O)=C/C(=[N-])N=NC1=C(O)c2ccccc2C1=O.C/C(O)=C/C(=[N-])N=NC1=C(O)c2ccccc2C1=O.[Co+2]. The number of allylic oxidation sites excluding steroid dienone is 4. The first kappa shape index (κ1) is 30.2. The fraction of sp³-hybridized carbons (Fsp3) is 0.0769. The van der Waals surface area contributed by atoms with Gasteiger partial charge in [0.15, 0.2) is 22.9 Å². The van der Waals surface area contributed by atoms with Crippen LogP contribution < -0.4 is 0 Å². The maximum atomic E-state index is 11.9. The first-order chi connectivity index (χ1) is 18.0. The summed E-state index contributed by atoms with van der Waals surface area (Å²) < 4.78 is 0. The molecule has 2 aromatic carbocycles. The molecule has 2 aliphatic carbocycles. The van der Waals surface area contributed by atoms with Gasteiger partial charge >= 0.3 is 16.8 Å². The van der Waals surface area contributed by atoms with Crippen molar-refractivity contribution in [1.82, 2.24) is 0 Å². The average Bonchev–Trinajstić information content (AvgIpc) is 3.25. The molecule has 0 heterocycles. The van der Waals surface area contributed by atoms with Crippen LogP contribution in [0, 0.1) is 0 Å². The molecule has 0 saturated heterocycles. The van der Waals surface area contributed by atoms with Gasteiger partial charge in [-0.15, -0.1) is 0 Å². The molecule has 199 valence electrons. The molecule has 2 aliphatic rings. The van der Waals surface area contributed by atoms with Crippen LogP contribution in [0.25, 0.3) is 22.3 Å². The van der Waals surface area contributed by atoms with Gasteiger partial charge in [-0.1, -0.05) is 48.5 Å². The number of rotatable bonds is 4.